The third-order valence-corrected chi connectivity index (χ3v) is 3.39. The number of fused-ring (bicyclic) bond motifs is 1. The summed E-state index contributed by atoms with van der Waals surface area (Å²) in [5, 5.41) is 13.7. The topological polar surface area (TPSA) is 116 Å². The number of carbonyl (C=O) groups is 4. The van der Waals surface area contributed by atoms with Gasteiger partial charge in [0.15, 0.2) is 0 Å². The van der Waals surface area contributed by atoms with Crippen LogP contribution in [0.3, 0.4) is 0 Å². The van der Waals surface area contributed by atoms with Gasteiger partial charge >= 0.3 is 5.97 Å². The lowest BCUT2D eigenvalue weighted by Gasteiger charge is -2.29. The van der Waals surface area contributed by atoms with E-state index in [-0.39, 0.29) is 31.2 Å². The molecular formula is C15H17N3O5. The minimum Gasteiger partial charge on any atom is -0.480 e. The summed E-state index contributed by atoms with van der Waals surface area (Å²) in [6.45, 7) is 1.23. The number of hydrogen-bond acceptors (Lipinski definition) is 4. The van der Waals surface area contributed by atoms with E-state index in [0.717, 1.165) is 0 Å². The predicted octanol–water partition coefficient (Wildman–Crippen LogP) is 0.341. The highest BCUT2D eigenvalue weighted by molar-refractivity contribution is 6.10. The molecule has 0 saturated carbocycles. The standard InChI is InChI=1S/C15H17N3O5/c1-9(15(22)23)16-12(19)6-7-14(21)18-8-13(20)17-10-4-2-3-5-11(10)18/h2-5,9H,6-8H2,1H3,(H,16,19)(H,17,20)(H,22,23)/t9-/m1/s1. The Labute approximate surface area is 132 Å². The SMILES string of the molecule is C[C@@H](NC(=O)CCC(=O)N1CC(=O)Nc2ccccc21)C(=O)O. The van der Waals surface area contributed by atoms with E-state index in [1.165, 1.54) is 11.8 Å². The molecule has 0 aliphatic carbocycles. The van der Waals surface area contributed by atoms with Crippen LogP contribution in [0.2, 0.25) is 0 Å². The summed E-state index contributed by atoms with van der Waals surface area (Å²) < 4.78 is 0. The molecular weight excluding hydrogens is 302 g/mol. The smallest absolute Gasteiger partial charge is 0.325 e. The molecule has 1 aliphatic rings. The number of hydrogen-bond donors (Lipinski definition) is 3. The third-order valence-electron chi connectivity index (χ3n) is 3.39. The second kappa shape index (κ2) is 6.91. The molecule has 0 aromatic heterocycles. The van der Waals surface area contributed by atoms with Gasteiger partial charge in [0.2, 0.25) is 17.7 Å². The van der Waals surface area contributed by atoms with Crippen molar-refractivity contribution in [3.63, 3.8) is 0 Å². The zero-order valence-electron chi connectivity index (χ0n) is 12.5. The van der Waals surface area contributed by atoms with Crippen molar-refractivity contribution >= 4 is 35.1 Å². The van der Waals surface area contributed by atoms with Crippen molar-refractivity contribution in [2.75, 3.05) is 16.8 Å². The Hall–Kier alpha value is -2.90. The van der Waals surface area contributed by atoms with Crippen LogP contribution in [0, 0.1) is 0 Å². The van der Waals surface area contributed by atoms with Gasteiger partial charge in [-0.3, -0.25) is 19.2 Å². The van der Waals surface area contributed by atoms with E-state index in [1.54, 1.807) is 24.3 Å². The van der Waals surface area contributed by atoms with E-state index < -0.39 is 17.9 Å². The van der Waals surface area contributed by atoms with E-state index in [0.29, 0.717) is 11.4 Å². The molecule has 8 heteroatoms. The van der Waals surface area contributed by atoms with Gasteiger partial charge in [0.05, 0.1) is 11.4 Å². The Kier molecular flexibility index (Phi) is 4.95. The van der Waals surface area contributed by atoms with Crippen LogP contribution in [-0.2, 0) is 19.2 Å². The number of rotatable bonds is 5. The van der Waals surface area contributed by atoms with E-state index in [1.807, 2.05) is 0 Å². The molecule has 0 unspecified atom stereocenters. The number of nitrogens with one attached hydrogen (secondary N) is 2. The van der Waals surface area contributed by atoms with Crippen LogP contribution in [-0.4, -0.2) is 41.4 Å². The summed E-state index contributed by atoms with van der Waals surface area (Å²) in [4.78, 5) is 47.5. The van der Waals surface area contributed by atoms with Gasteiger partial charge in [-0.05, 0) is 19.1 Å². The monoisotopic (exact) mass is 319 g/mol. The van der Waals surface area contributed by atoms with Crippen molar-refractivity contribution in [1.82, 2.24) is 5.32 Å². The summed E-state index contributed by atoms with van der Waals surface area (Å²) >= 11 is 0. The van der Waals surface area contributed by atoms with Gasteiger partial charge in [-0.15, -0.1) is 0 Å². The van der Waals surface area contributed by atoms with Crippen LogP contribution >= 0.6 is 0 Å². The van der Waals surface area contributed by atoms with Crippen molar-refractivity contribution in [3.05, 3.63) is 24.3 Å². The van der Waals surface area contributed by atoms with Crippen LogP contribution in [0.1, 0.15) is 19.8 Å². The maximum Gasteiger partial charge on any atom is 0.325 e. The van der Waals surface area contributed by atoms with Gasteiger partial charge in [0.1, 0.15) is 12.6 Å². The Morgan fingerprint density at radius 3 is 2.70 bits per heavy atom. The fourth-order valence-corrected chi connectivity index (χ4v) is 2.19. The van der Waals surface area contributed by atoms with Crippen molar-refractivity contribution in [3.8, 4) is 0 Å². The van der Waals surface area contributed by atoms with Crippen LogP contribution < -0.4 is 15.5 Å². The number of nitrogens with zero attached hydrogens (tertiary/aromatic N) is 1. The fraction of sp³-hybridized carbons (Fsp3) is 0.333. The summed E-state index contributed by atoms with van der Waals surface area (Å²) in [5.41, 5.74) is 1.12. The normalized spacial score (nSPS) is 14.5. The zero-order chi connectivity index (χ0) is 17.0. The van der Waals surface area contributed by atoms with Crippen molar-refractivity contribution < 1.29 is 24.3 Å². The van der Waals surface area contributed by atoms with Gasteiger partial charge in [-0.2, -0.15) is 0 Å². The molecule has 1 aliphatic heterocycles. The largest absolute Gasteiger partial charge is 0.480 e. The summed E-state index contributed by atoms with van der Waals surface area (Å²) in [7, 11) is 0. The molecule has 122 valence electrons. The molecule has 1 atom stereocenters. The summed E-state index contributed by atoms with van der Waals surface area (Å²) in [6, 6.07) is 5.87. The number of carboxylic acid groups (broad SMARTS) is 1. The van der Waals surface area contributed by atoms with Gasteiger partial charge < -0.3 is 20.6 Å². The van der Waals surface area contributed by atoms with E-state index in [9.17, 15) is 19.2 Å². The molecule has 23 heavy (non-hydrogen) atoms. The Morgan fingerprint density at radius 2 is 2.00 bits per heavy atom. The van der Waals surface area contributed by atoms with Crippen molar-refractivity contribution in [2.24, 2.45) is 0 Å². The Bertz CT molecular complexity index is 658. The first-order valence-electron chi connectivity index (χ1n) is 7.10. The summed E-state index contributed by atoms with van der Waals surface area (Å²) in [6.07, 6.45) is -0.253. The Balaban J connectivity index is 1.97. The van der Waals surface area contributed by atoms with Gasteiger partial charge in [0.25, 0.3) is 0 Å². The van der Waals surface area contributed by atoms with E-state index >= 15 is 0 Å². The van der Waals surface area contributed by atoms with Crippen molar-refractivity contribution in [1.29, 1.82) is 0 Å². The molecule has 0 spiro atoms. The summed E-state index contributed by atoms with van der Waals surface area (Å²) in [5.74, 6) is -2.35. The number of anilines is 2. The van der Waals surface area contributed by atoms with Crippen LogP contribution in [0.15, 0.2) is 24.3 Å². The van der Waals surface area contributed by atoms with Gasteiger partial charge in [-0.25, -0.2) is 0 Å². The first kappa shape index (κ1) is 16.5. The van der Waals surface area contributed by atoms with Crippen molar-refractivity contribution in [2.45, 2.75) is 25.8 Å². The molecule has 0 bridgehead atoms. The number of benzene rings is 1. The lowest BCUT2D eigenvalue weighted by molar-refractivity contribution is -0.141. The molecule has 1 aromatic rings. The molecule has 1 aromatic carbocycles. The van der Waals surface area contributed by atoms with Crippen LogP contribution in [0.25, 0.3) is 0 Å². The zero-order valence-corrected chi connectivity index (χ0v) is 12.5. The second-order valence-corrected chi connectivity index (χ2v) is 5.17. The Morgan fingerprint density at radius 1 is 1.30 bits per heavy atom. The van der Waals surface area contributed by atoms with E-state index in [4.69, 9.17) is 5.11 Å². The van der Waals surface area contributed by atoms with Gasteiger partial charge in [-0.1, -0.05) is 12.1 Å². The lowest BCUT2D eigenvalue weighted by atomic mass is 10.1. The van der Waals surface area contributed by atoms with Crippen LogP contribution in [0.4, 0.5) is 11.4 Å². The first-order chi connectivity index (χ1) is 10.9. The molecule has 1 heterocycles. The number of carbonyl (C=O) groups excluding carboxylic acids is 3. The molecule has 8 nitrogen and oxygen atoms in total. The van der Waals surface area contributed by atoms with Gasteiger partial charge in [0, 0.05) is 12.8 Å². The average molecular weight is 319 g/mol. The average Bonchev–Trinajstić information content (AvgIpc) is 2.51. The predicted molar refractivity (Wildman–Crippen MR) is 81.9 cm³/mol. The molecule has 0 radical (unpaired) electrons. The maximum atomic E-state index is 12.3. The van der Waals surface area contributed by atoms with E-state index in [2.05, 4.69) is 10.6 Å². The molecule has 2 rings (SSSR count). The minimum atomic E-state index is -1.15. The second-order valence-electron chi connectivity index (χ2n) is 5.17. The number of aliphatic carboxylic acids is 1. The molecule has 0 saturated heterocycles. The first-order valence-corrected chi connectivity index (χ1v) is 7.10. The molecule has 3 amide bonds. The fourth-order valence-electron chi connectivity index (χ4n) is 2.19. The molecule has 3 N–H and O–H groups in total. The highest BCUT2D eigenvalue weighted by Crippen LogP contribution is 2.29. The third kappa shape index (κ3) is 4.06. The highest BCUT2D eigenvalue weighted by Gasteiger charge is 2.26. The maximum absolute atomic E-state index is 12.3. The number of amides is 3. The minimum absolute atomic E-state index is 0.108. The lowest BCUT2D eigenvalue weighted by Crippen LogP contribution is -2.43. The quantitative estimate of drug-likeness (QED) is 0.724. The number of carboxylic acids is 1. The molecule has 0 fully saturated rings. The highest BCUT2D eigenvalue weighted by atomic mass is 16.4. The number of para-hydroxylation sites is 2. The van der Waals surface area contributed by atoms with Crippen LogP contribution in [0.5, 0.6) is 0 Å².